The molecule has 0 spiro atoms. The minimum absolute atomic E-state index is 0.961. The van der Waals surface area contributed by atoms with E-state index in [0.717, 1.165) is 12.3 Å². The molecular formula is C19H39. The maximum Gasteiger partial charge on any atom is -0.0443 e. The van der Waals surface area contributed by atoms with Gasteiger partial charge in [0.15, 0.2) is 0 Å². The second kappa shape index (κ2) is 16.1. The van der Waals surface area contributed by atoms with Crippen LogP contribution in [-0.2, 0) is 0 Å². The highest BCUT2D eigenvalue weighted by Crippen LogP contribution is 2.16. The van der Waals surface area contributed by atoms with E-state index in [2.05, 4.69) is 20.8 Å². The van der Waals surface area contributed by atoms with Gasteiger partial charge in [-0.05, 0) is 5.92 Å². The van der Waals surface area contributed by atoms with Crippen LogP contribution < -0.4 is 0 Å². The lowest BCUT2D eigenvalue weighted by atomic mass is 9.98. The highest BCUT2D eigenvalue weighted by Gasteiger charge is 1.99. The van der Waals surface area contributed by atoms with E-state index in [1.54, 1.807) is 0 Å². The van der Waals surface area contributed by atoms with Gasteiger partial charge in [0.1, 0.15) is 0 Å². The largest absolute Gasteiger partial charge is 0.0654 e. The number of hydrogen-bond acceptors (Lipinski definition) is 0. The molecule has 0 bridgehead atoms. The van der Waals surface area contributed by atoms with Gasteiger partial charge in [-0.25, -0.2) is 0 Å². The normalized spacial score (nSPS) is 12.8. The molecule has 0 amide bonds. The Hall–Kier alpha value is 0. The predicted octanol–water partition coefficient (Wildman–Crippen LogP) is 7.33. The van der Waals surface area contributed by atoms with Crippen molar-refractivity contribution >= 4 is 0 Å². The Morgan fingerprint density at radius 1 is 0.632 bits per heavy atom. The fraction of sp³-hybridized carbons (Fsp3) is 0.947. The number of unbranched alkanes of at least 4 members (excludes halogenated alkanes) is 11. The molecule has 0 aliphatic rings. The molecule has 0 aliphatic carbocycles. The van der Waals surface area contributed by atoms with Crippen molar-refractivity contribution in [2.45, 2.75) is 110 Å². The lowest BCUT2D eigenvalue weighted by Crippen LogP contribution is -1.93. The third kappa shape index (κ3) is 15.9. The number of rotatable bonds is 15. The van der Waals surface area contributed by atoms with E-state index in [9.17, 15) is 0 Å². The van der Waals surface area contributed by atoms with Crippen LogP contribution in [0.4, 0.5) is 0 Å². The van der Waals surface area contributed by atoms with Crippen LogP contribution in [0.15, 0.2) is 0 Å². The van der Waals surface area contributed by atoms with Gasteiger partial charge in [0.2, 0.25) is 0 Å². The quantitative estimate of drug-likeness (QED) is 0.272. The van der Waals surface area contributed by atoms with E-state index < -0.39 is 0 Å². The van der Waals surface area contributed by atoms with Crippen LogP contribution in [0.25, 0.3) is 0 Å². The van der Waals surface area contributed by atoms with Gasteiger partial charge in [-0.3, -0.25) is 0 Å². The zero-order chi connectivity index (χ0) is 14.2. The minimum Gasteiger partial charge on any atom is -0.0654 e. The number of hydrogen-bond donors (Lipinski definition) is 0. The van der Waals surface area contributed by atoms with Crippen LogP contribution in [0.1, 0.15) is 110 Å². The Kier molecular flexibility index (Phi) is 16.1. The molecule has 0 saturated carbocycles. The monoisotopic (exact) mass is 267 g/mol. The highest BCUT2D eigenvalue weighted by molar-refractivity contribution is 4.54. The zero-order valence-electron chi connectivity index (χ0n) is 13.9. The molecular weight excluding hydrogens is 228 g/mol. The summed E-state index contributed by atoms with van der Waals surface area (Å²) in [6, 6.07) is 0. The summed E-state index contributed by atoms with van der Waals surface area (Å²) >= 11 is 0. The van der Waals surface area contributed by atoms with Gasteiger partial charge in [0.25, 0.3) is 0 Å². The summed E-state index contributed by atoms with van der Waals surface area (Å²) < 4.78 is 0. The van der Waals surface area contributed by atoms with Gasteiger partial charge in [0, 0.05) is 0 Å². The SMILES string of the molecule is [CH2]CCCCCCCCCCCCCC(C)CCC. The molecule has 1 radical (unpaired) electrons. The zero-order valence-corrected chi connectivity index (χ0v) is 13.9. The summed E-state index contributed by atoms with van der Waals surface area (Å²) in [4.78, 5) is 0. The van der Waals surface area contributed by atoms with Crippen LogP contribution >= 0.6 is 0 Å². The van der Waals surface area contributed by atoms with E-state index in [1.165, 1.54) is 89.9 Å². The molecule has 1 unspecified atom stereocenters. The molecule has 0 N–H and O–H groups in total. The first kappa shape index (κ1) is 19.0. The first-order valence-corrected chi connectivity index (χ1v) is 9.10. The fourth-order valence-electron chi connectivity index (χ4n) is 2.90. The Bertz CT molecular complexity index is 150. The molecule has 115 valence electrons. The first-order valence-electron chi connectivity index (χ1n) is 9.10. The predicted molar refractivity (Wildman–Crippen MR) is 89.5 cm³/mol. The van der Waals surface area contributed by atoms with Crippen molar-refractivity contribution in [3.05, 3.63) is 6.92 Å². The van der Waals surface area contributed by atoms with Gasteiger partial charge in [0.05, 0.1) is 0 Å². The third-order valence-corrected chi connectivity index (χ3v) is 4.23. The summed E-state index contributed by atoms with van der Waals surface area (Å²) in [5.74, 6) is 0.961. The minimum atomic E-state index is 0.961. The lowest BCUT2D eigenvalue weighted by Gasteiger charge is -2.09. The standard InChI is InChI=1S/C19H39/c1-4-6-7-8-9-10-11-12-13-14-15-16-18-19(3)17-5-2/h19H,1,4-18H2,2-3H3. The summed E-state index contributed by atoms with van der Waals surface area (Å²) in [7, 11) is 0. The molecule has 0 heteroatoms. The molecule has 0 saturated heterocycles. The maximum absolute atomic E-state index is 3.89. The van der Waals surface area contributed by atoms with Crippen LogP contribution in [0.5, 0.6) is 0 Å². The third-order valence-electron chi connectivity index (χ3n) is 4.23. The van der Waals surface area contributed by atoms with E-state index >= 15 is 0 Å². The average molecular weight is 268 g/mol. The molecule has 0 rings (SSSR count). The van der Waals surface area contributed by atoms with E-state index in [4.69, 9.17) is 0 Å². The molecule has 0 aromatic heterocycles. The van der Waals surface area contributed by atoms with Gasteiger partial charge in [-0.15, -0.1) is 0 Å². The van der Waals surface area contributed by atoms with Crippen LogP contribution in [-0.4, -0.2) is 0 Å². The van der Waals surface area contributed by atoms with Crippen LogP contribution in [0.3, 0.4) is 0 Å². The Morgan fingerprint density at radius 2 is 1.05 bits per heavy atom. The molecule has 1 atom stereocenters. The van der Waals surface area contributed by atoms with Gasteiger partial charge in [-0.2, -0.15) is 0 Å². The Labute approximate surface area is 123 Å². The molecule has 0 aliphatic heterocycles. The molecule has 0 aromatic carbocycles. The molecule has 0 nitrogen and oxygen atoms in total. The highest BCUT2D eigenvalue weighted by atomic mass is 14.1. The van der Waals surface area contributed by atoms with Gasteiger partial charge < -0.3 is 0 Å². The average Bonchev–Trinajstić information content (AvgIpc) is 2.40. The molecule has 0 heterocycles. The van der Waals surface area contributed by atoms with Gasteiger partial charge >= 0.3 is 0 Å². The maximum atomic E-state index is 3.89. The topological polar surface area (TPSA) is 0 Å². The van der Waals surface area contributed by atoms with E-state index in [0.29, 0.717) is 0 Å². The smallest absolute Gasteiger partial charge is 0.0443 e. The van der Waals surface area contributed by atoms with E-state index in [1.807, 2.05) is 0 Å². The van der Waals surface area contributed by atoms with Crippen LogP contribution in [0, 0.1) is 12.8 Å². The molecule has 0 fully saturated rings. The van der Waals surface area contributed by atoms with Gasteiger partial charge in [-0.1, -0.05) is 117 Å². The van der Waals surface area contributed by atoms with E-state index in [-0.39, 0.29) is 0 Å². The van der Waals surface area contributed by atoms with Crippen molar-refractivity contribution < 1.29 is 0 Å². The first-order chi connectivity index (χ1) is 9.31. The molecule has 0 aromatic rings. The van der Waals surface area contributed by atoms with Crippen molar-refractivity contribution in [2.75, 3.05) is 0 Å². The van der Waals surface area contributed by atoms with Crippen molar-refractivity contribution in [1.82, 2.24) is 0 Å². The lowest BCUT2D eigenvalue weighted by molar-refractivity contribution is 0.450. The fourth-order valence-corrected chi connectivity index (χ4v) is 2.90. The van der Waals surface area contributed by atoms with Crippen molar-refractivity contribution in [3.63, 3.8) is 0 Å². The van der Waals surface area contributed by atoms with Crippen molar-refractivity contribution in [3.8, 4) is 0 Å². The Morgan fingerprint density at radius 3 is 1.47 bits per heavy atom. The van der Waals surface area contributed by atoms with Crippen molar-refractivity contribution in [1.29, 1.82) is 0 Å². The Balaban J connectivity index is 2.99. The summed E-state index contributed by atoms with van der Waals surface area (Å²) in [5, 5.41) is 0. The second-order valence-electron chi connectivity index (χ2n) is 6.43. The second-order valence-corrected chi connectivity index (χ2v) is 6.43. The summed E-state index contributed by atoms with van der Waals surface area (Å²) in [6.07, 6.45) is 21.3. The van der Waals surface area contributed by atoms with Crippen molar-refractivity contribution in [2.24, 2.45) is 5.92 Å². The summed E-state index contributed by atoms with van der Waals surface area (Å²) in [6.45, 7) is 8.61. The molecule has 19 heavy (non-hydrogen) atoms. The van der Waals surface area contributed by atoms with Crippen LogP contribution in [0.2, 0.25) is 0 Å². The summed E-state index contributed by atoms with van der Waals surface area (Å²) in [5.41, 5.74) is 0.